The molecule has 3 aromatic carbocycles. The zero-order chi connectivity index (χ0) is 54.6. The molecule has 1 aliphatic heterocycles. The molecule has 408 valence electrons. The van der Waals surface area contributed by atoms with Crippen molar-refractivity contribution in [2.75, 3.05) is 24.7 Å². The first-order valence-electron chi connectivity index (χ1n) is 25.7. The highest BCUT2D eigenvalue weighted by Crippen LogP contribution is 2.25. The third kappa shape index (κ3) is 18.7. The van der Waals surface area contributed by atoms with Gasteiger partial charge in [-0.25, -0.2) is 0 Å². The summed E-state index contributed by atoms with van der Waals surface area (Å²) in [5.41, 5.74) is 16.3. The normalized spacial score (nSPS) is 22.0. The molecule has 0 spiro atoms. The summed E-state index contributed by atoms with van der Waals surface area (Å²) >= 11 is 0. The van der Waals surface area contributed by atoms with E-state index in [9.17, 15) is 43.8 Å². The molecule has 1 aliphatic rings. The molecule has 21 heteroatoms. The first-order chi connectivity index (χ1) is 35.9. The van der Waals surface area contributed by atoms with E-state index in [-0.39, 0.29) is 37.2 Å². The van der Waals surface area contributed by atoms with Crippen LogP contribution >= 0.6 is 21.6 Å². The molecule has 14 N–H and O–H groups in total. The molecule has 4 aromatic rings. The second-order valence-electron chi connectivity index (χ2n) is 19.9. The van der Waals surface area contributed by atoms with Crippen LogP contribution in [0.15, 0.2) is 85.1 Å². The van der Waals surface area contributed by atoms with Crippen molar-refractivity contribution >= 4 is 73.8 Å². The zero-order valence-electron chi connectivity index (χ0n) is 43.4. The third-order valence-corrected chi connectivity index (χ3v) is 15.3. The Hall–Kier alpha value is -5.97. The summed E-state index contributed by atoms with van der Waals surface area (Å²) in [6, 6.07) is 14.4. The number of carbonyl (C=O) groups excluding carboxylic acids is 7. The number of carbonyl (C=O) groups is 7. The van der Waals surface area contributed by atoms with Crippen molar-refractivity contribution in [2.45, 2.75) is 134 Å². The van der Waals surface area contributed by atoms with Crippen molar-refractivity contribution in [3.05, 3.63) is 107 Å². The molecule has 75 heavy (non-hydrogen) atoms. The number of H-pyrrole nitrogens is 1. The van der Waals surface area contributed by atoms with Gasteiger partial charge in [-0.2, -0.15) is 0 Å². The lowest BCUT2D eigenvalue weighted by Crippen LogP contribution is -2.61. The standard InChI is InChI=1S/C54H76N10O9S2/c1-31(2)23-35-18-20-36(21-19-35)25-42-50(69)60-43(26-37-27-57-40-16-10-9-15-38(37)40)51(70)58-41(17-11-12-22-55)49(68)64-47(32(3)4)54(73)63-46(53(72)61-44(28-65)33(5)66)30-75-74-29-45(52(71)59-42)62-48(67)39(56)24-34-13-7-6-8-14-34/h6-10,13-16,18-21,27,31-33,39,41-47,57,65-66H,11-12,17,22-26,28-30,55-56H2,1-5H3,(H,58,70)(H,59,71)(H,60,69)(H,61,72)(H,62,67)(H,63,73)(H,64,68)/t33-,39-,41+,42+,43-,44-,45+,46+,47+/m1/s1. The van der Waals surface area contributed by atoms with Gasteiger partial charge in [0.1, 0.15) is 36.3 Å². The number of nitrogens with one attached hydrogen (secondary N) is 8. The predicted molar refractivity (Wildman–Crippen MR) is 294 cm³/mol. The van der Waals surface area contributed by atoms with Crippen LogP contribution in [0.3, 0.4) is 0 Å². The summed E-state index contributed by atoms with van der Waals surface area (Å²) in [5, 5.41) is 40.6. The molecule has 0 unspecified atom stereocenters. The molecule has 1 saturated heterocycles. The molecule has 5 rings (SSSR count). The van der Waals surface area contributed by atoms with E-state index in [1.54, 1.807) is 20.0 Å². The second kappa shape index (κ2) is 29.9. The van der Waals surface area contributed by atoms with E-state index >= 15 is 0 Å². The molecule has 0 radical (unpaired) electrons. The highest BCUT2D eigenvalue weighted by molar-refractivity contribution is 8.76. The number of fused-ring (bicyclic) bond motifs is 1. The summed E-state index contributed by atoms with van der Waals surface area (Å²) in [7, 11) is 2.18. The lowest BCUT2D eigenvalue weighted by molar-refractivity contribution is -0.136. The van der Waals surface area contributed by atoms with Crippen molar-refractivity contribution in [3.63, 3.8) is 0 Å². The van der Waals surface area contributed by atoms with Gasteiger partial charge >= 0.3 is 0 Å². The lowest BCUT2D eigenvalue weighted by Gasteiger charge is -2.29. The average Bonchev–Trinajstić information content (AvgIpc) is 3.79. The molecule has 1 fully saturated rings. The van der Waals surface area contributed by atoms with Crippen LogP contribution < -0.4 is 48.7 Å². The number of benzene rings is 3. The number of unbranched alkanes of at least 4 members (excludes halogenated alkanes) is 1. The smallest absolute Gasteiger partial charge is 0.244 e. The minimum Gasteiger partial charge on any atom is -0.394 e. The number of rotatable bonds is 19. The fourth-order valence-electron chi connectivity index (χ4n) is 8.53. The SMILES string of the molecule is CC(C)Cc1ccc(C[C@@H]2NC(=O)[C@@H](NC(=O)[C@H](N)Cc3ccccc3)CSSC[C@@H](C(=O)N[C@H](CO)[C@@H](C)O)NC(=O)[C@H](C(C)C)NC(=O)[C@H](CCCCN)NC(=O)[C@@H](Cc3c[nH]c4ccccc34)NC2=O)cc1. The molecule has 9 atom stereocenters. The van der Waals surface area contributed by atoms with Gasteiger partial charge in [0.05, 0.1) is 24.8 Å². The number of aromatic amines is 1. The quantitative estimate of drug-likeness (QED) is 0.0471. The number of hydrogen-bond acceptors (Lipinski definition) is 13. The van der Waals surface area contributed by atoms with Gasteiger partial charge in [-0.15, -0.1) is 0 Å². The van der Waals surface area contributed by atoms with Crippen LogP contribution in [0.2, 0.25) is 0 Å². The van der Waals surface area contributed by atoms with E-state index in [1.807, 2.05) is 78.9 Å². The Balaban J connectivity index is 1.59. The van der Waals surface area contributed by atoms with Crippen molar-refractivity contribution in [3.8, 4) is 0 Å². The number of para-hydroxylation sites is 1. The highest BCUT2D eigenvalue weighted by atomic mass is 33.1. The zero-order valence-corrected chi connectivity index (χ0v) is 45.1. The highest BCUT2D eigenvalue weighted by Gasteiger charge is 2.36. The van der Waals surface area contributed by atoms with Gasteiger partial charge in [0.25, 0.3) is 0 Å². The summed E-state index contributed by atoms with van der Waals surface area (Å²) in [6.07, 6.45) is 2.54. The van der Waals surface area contributed by atoms with E-state index in [2.05, 4.69) is 56.0 Å². The Morgan fingerprint density at radius 2 is 1.29 bits per heavy atom. The van der Waals surface area contributed by atoms with E-state index < -0.39 is 108 Å². The molecular weight excluding hydrogens is 997 g/mol. The minimum atomic E-state index is -1.31. The maximum absolute atomic E-state index is 15.0. The number of aliphatic hydroxyl groups excluding tert-OH is 2. The van der Waals surface area contributed by atoms with Gasteiger partial charge in [0.2, 0.25) is 41.4 Å². The van der Waals surface area contributed by atoms with Crippen LogP contribution in [-0.2, 0) is 59.2 Å². The van der Waals surface area contributed by atoms with E-state index in [1.165, 1.54) is 6.92 Å². The van der Waals surface area contributed by atoms with Gasteiger partial charge in [0, 0.05) is 41.4 Å². The molecule has 0 saturated carbocycles. The fourth-order valence-corrected chi connectivity index (χ4v) is 10.9. The maximum atomic E-state index is 15.0. The van der Waals surface area contributed by atoms with Crippen LogP contribution in [-0.4, -0.2) is 136 Å². The van der Waals surface area contributed by atoms with Crippen molar-refractivity contribution in [2.24, 2.45) is 23.3 Å². The van der Waals surface area contributed by atoms with Gasteiger partial charge in [-0.3, -0.25) is 33.6 Å². The number of hydrogen-bond donors (Lipinski definition) is 12. The number of aromatic nitrogens is 1. The van der Waals surface area contributed by atoms with Gasteiger partial charge < -0.3 is 63.9 Å². The van der Waals surface area contributed by atoms with E-state index in [0.717, 1.165) is 50.0 Å². The van der Waals surface area contributed by atoms with Gasteiger partial charge in [-0.1, -0.05) is 122 Å². The Labute approximate surface area is 447 Å². The van der Waals surface area contributed by atoms with E-state index in [0.29, 0.717) is 36.4 Å². The second-order valence-corrected chi connectivity index (χ2v) is 22.5. The topological polar surface area (TPSA) is 312 Å². The molecular formula is C54H76N10O9S2. The predicted octanol–water partition coefficient (Wildman–Crippen LogP) is 1.67. The third-order valence-electron chi connectivity index (χ3n) is 12.9. The Bertz CT molecular complexity index is 2510. The lowest BCUT2D eigenvalue weighted by atomic mass is 9.98. The molecule has 0 bridgehead atoms. The molecule has 0 aliphatic carbocycles. The summed E-state index contributed by atoms with van der Waals surface area (Å²) in [5.74, 6) is -5.38. The number of aliphatic hydroxyl groups is 2. The average molecular weight is 1070 g/mol. The van der Waals surface area contributed by atoms with Gasteiger partial charge in [-0.05, 0) is 85.7 Å². The van der Waals surface area contributed by atoms with Crippen molar-refractivity contribution < 1.29 is 43.8 Å². The molecule has 19 nitrogen and oxygen atoms in total. The van der Waals surface area contributed by atoms with Crippen LogP contribution in [0.1, 0.15) is 76.1 Å². The fraction of sp³-hybridized carbons (Fsp3) is 0.500. The molecule has 7 amide bonds. The Morgan fingerprint density at radius 1 is 0.693 bits per heavy atom. The number of nitrogens with two attached hydrogens (primary N) is 2. The summed E-state index contributed by atoms with van der Waals surface area (Å²) in [4.78, 5) is 104. The van der Waals surface area contributed by atoms with Crippen LogP contribution in [0.4, 0.5) is 0 Å². The first-order valence-corrected chi connectivity index (χ1v) is 28.1. The maximum Gasteiger partial charge on any atom is 0.244 e. The van der Waals surface area contributed by atoms with Crippen LogP contribution in [0.25, 0.3) is 10.9 Å². The van der Waals surface area contributed by atoms with Crippen LogP contribution in [0.5, 0.6) is 0 Å². The van der Waals surface area contributed by atoms with Gasteiger partial charge in [0.15, 0.2) is 0 Å². The monoisotopic (exact) mass is 1070 g/mol. The van der Waals surface area contributed by atoms with E-state index in [4.69, 9.17) is 11.5 Å². The molecule has 1 aromatic heterocycles. The van der Waals surface area contributed by atoms with Crippen molar-refractivity contribution in [1.82, 2.24) is 42.2 Å². The number of amides is 7. The molecule has 2 heterocycles. The summed E-state index contributed by atoms with van der Waals surface area (Å²) in [6.45, 7) is 8.71. The van der Waals surface area contributed by atoms with Crippen LogP contribution in [0, 0.1) is 11.8 Å². The van der Waals surface area contributed by atoms with Crippen molar-refractivity contribution in [1.29, 1.82) is 0 Å². The summed E-state index contributed by atoms with van der Waals surface area (Å²) < 4.78 is 0. The first kappa shape index (κ1) is 59.9. The Morgan fingerprint density at radius 3 is 1.95 bits per heavy atom. The Kier molecular flexibility index (Phi) is 23.9. The largest absolute Gasteiger partial charge is 0.394 e. The minimum absolute atomic E-state index is 0.0183.